The molecule has 0 saturated carbocycles. The van der Waals surface area contributed by atoms with Gasteiger partial charge in [0.2, 0.25) is 0 Å². The van der Waals surface area contributed by atoms with Gasteiger partial charge in [-0.1, -0.05) is 109 Å². The lowest BCUT2D eigenvalue weighted by molar-refractivity contribution is 0.487. The third-order valence-electron chi connectivity index (χ3n) is 12.0. The first-order chi connectivity index (χ1) is 28.7. The number of ether oxygens (including phenoxy) is 1. The topological polar surface area (TPSA) is 25.6 Å². The molecule has 0 atom stereocenters. The summed E-state index contributed by atoms with van der Waals surface area (Å²) in [5.41, 5.74) is 9.60. The van der Waals surface area contributed by atoms with Crippen molar-refractivity contribution >= 4 is 103 Å². The highest BCUT2D eigenvalue weighted by Crippen LogP contribution is 2.52. The number of benzene rings is 10. The summed E-state index contributed by atoms with van der Waals surface area (Å²) in [5.74, 6) is 1.73. The first-order valence-electron chi connectivity index (χ1n) is 19.7. The van der Waals surface area contributed by atoms with E-state index >= 15 is 0 Å². The van der Waals surface area contributed by atoms with Crippen molar-refractivity contribution < 1.29 is 9.15 Å². The minimum absolute atomic E-state index is 0.859. The van der Waals surface area contributed by atoms with E-state index in [-0.39, 0.29) is 0 Å². The van der Waals surface area contributed by atoms with Crippen molar-refractivity contribution in [2.75, 3.05) is 4.90 Å². The summed E-state index contributed by atoms with van der Waals surface area (Å²) in [4.78, 5) is 2.40. The van der Waals surface area contributed by atoms with E-state index < -0.39 is 0 Å². The molecule has 12 aromatic rings. The maximum absolute atomic E-state index is 6.92. The summed E-state index contributed by atoms with van der Waals surface area (Å²) in [6, 6.07) is 67.9. The summed E-state index contributed by atoms with van der Waals surface area (Å²) < 4.78 is 15.8. The molecule has 0 saturated heterocycles. The largest absolute Gasteiger partial charge is 0.456 e. The lowest BCUT2D eigenvalue weighted by Gasteiger charge is -2.29. The van der Waals surface area contributed by atoms with E-state index in [1.807, 2.05) is 23.5 Å². The summed E-state index contributed by atoms with van der Waals surface area (Å²) in [7, 11) is 0. The van der Waals surface area contributed by atoms with E-state index in [4.69, 9.17) is 9.15 Å². The summed E-state index contributed by atoms with van der Waals surface area (Å²) in [5, 5.41) is 12.0. The van der Waals surface area contributed by atoms with Crippen LogP contribution in [0.2, 0.25) is 0 Å². The molecule has 3 heterocycles. The van der Waals surface area contributed by atoms with Crippen LogP contribution in [0.5, 0.6) is 11.5 Å². The van der Waals surface area contributed by atoms with Gasteiger partial charge >= 0.3 is 0 Å². The molecule has 0 unspecified atom stereocenters. The van der Waals surface area contributed by atoms with Crippen LogP contribution in [0, 0.1) is 0 Å². The van der Waals surface area contributed by atoms with Gasteiger partial charge in [-0.15, -0.1) is 11.3 Å². The smallest absolute Gasteiger partial charge is 0.136 e. The second kappa shape index (κ2) is 12.1. The van der Waals surface area contributed by atoms with Gasteiger partial charge in [0.15, 0.2) is 0 Å². The predicted molar refractivity (Wildman–Crippen MR) is 245 cm³/mol. The van der Waals surface area contributed by atoms with Crippen molar-refractivity contribution in [2.45, 2.75) is 0 Å². The predicted octanol–water partition coefficient (Wildman–Crippen LogP) is 16.3. The van der Waals surface area contributed by atoms with Crippen LogP contribution in [0.1, 0.15) is 0 Å². The van der Waals surface area contributed by atoms with Gasteiger partial charge in [-0.05, 0) is 117 Å². The van der Waals surface area contributed by atoms with Crippen molar-refractivity contribution in [1.82, 2.24) is 0 Å². The Kier molecular flexibility index (Phi) is 6.60. The van der Waals surface area contributed by atoms with Gasteiger partial charge in [-0.25, -0.2) is 0 Å². The van der Waals surface area contributed by atoms with Crippen LogP contribution >= 0.6 is 11.3 Å². The number of fused-ring (bicyclic) bond motifs is 11. The lowest BCUT2D eigenvalue weighted by atomic mass is 9.90. The maximum Gasteiger partial charge on any atom is 0.136 e. The molecule has 13 rings (SSSR count). The molecule has 0 N–H and O–H groups in total. The Balaban J connectivity index is 1.01. The number of thiophene rings is 1. The lowest BCUT2D eigenvalue weighted by Crippen LogP contribution is -2.11. The molecule has 2 aromatic heterocycles. The molecule has 3 nitrogen and oxygen atoms in total. The van der Waals surface area contributed by atoms with E-state index in [0.717, 1.165) is 72.4 Å². The second-order valence-corrected chi connectivity index (χ2v) is 16.3. The minimum atomic E-state index is 0.859. The van der Waals surface area contributed by atoms with Crippen molar-refractivity contribution in [1.29, 1.82) is 0 Å². The van der Waals surface area contributed by atoms with Gasteiger partial charge in [-0.3, -0.25) is 0 Å². The molecule has 10 aromatic carbocycles. The fourth-order valence-electron chi connectivity index (χ4n) is 9.41. The van der Waals surface area contributed by atoms with Crippen LogP contribution in [0.4, 0.5) is 17.1 Å². The third kappa shape index (κ3) is 4.61. The van der Waals surface area contributed by atoms with Crippen LogP contribution in [-0.2, 0) is 0 Å². The van der Waals surface area contributed by atoms with Gasteiger partial charge in [0, 0.05) is 58.7 Å². The normalized spacial score (nSPS) is 12.3. The van der Waals surface area contributed by atoms with Crippen molar-refractivity contribution in [3.63, 3.8) is 0 Å². The molecule has 4 heteroatoms. The van der Waals surface area contributed by atoms with Gasteiger partial charge < -0.3 is 14.1 Å². The minimum Gasteiger partial charge on any atom is -0.456 e. The highest BCUT2D eigenvalue weighted by molar-refractivity contribution is 7.25. The molecular formula is C54H31NO2S. The summed E-state index contributed by atoms with van der Waals surface area (Å²) >= 11 is 1.84. The quantitative estimate of drug-likeness (QED) is 0.167. The fraction of sp³-hybridized carbons (Fsp3) is 0. The van der Waals surface area contributed by atoms with Crippen LogP contribution in [0.15, 0.2) is 192 Å². The number of rotatable bonds is 4. The van der Waals surface area contributed by atoms with Gasteiger partial charge in [0.05, 0.1) is 5.69 Å². The zero-order valence-corrected chi connectivity index (χ0v) is 31.9. The molecule has 1 aliphatic rings. The Morgan fingerprint density at radius 3 is 2.00 bits per heavy atom. The number of hydrogen-bond acceptors (Lipinski definition) is 4. The first-order valence-corrected chi connectivity index (χ1v) is 20.5. The molecule has 58 heavy (non-hydrogen) atoms. The SMILES string of the molecule is c1ccc2c(c1)cc(-c1ccc3c(c1)Oc1ccc(N(c4ccc5oc6ccccc6c5c4)c4ccc5sc6ccccc6c5c4)c4cccc-3c14)c1ccccc12. The Morgan fingerprint density at radius 2 is 1.09 bits per heavy atom. The molecule has 0 spiro atoms. The number of hydrogen-bond donors (Lipinski definition) is 0. The first kappa shape index (κ1) is 31.8. The maximum atomic E-state index is 6.92. The number of para-hydroxylation sites is 1. The van der Waals surface area contributed by atoms with Crippen molar-refractivity contribution in [2.24, 2.45) is 0 Å². The molecule has 0 bridgehead atoms. The third-order valence-corrected chi connectivity index (χ3v) is 13.2. The van der Waals surface area contributed by atoms with E-state index in [1.165, 1.54) is 52.8 Å². The number of furan rings is 1. The Hall–Kier alpha value is -7.40. The van der Waals surface area contributed by atoms with Crippen LogP contribution in [0.3, 0.4) is 0 Å². The molecule has 1 aliphatic heterocycles. The van der Waals surface area contributed by atoms with E-state index in [2.05, 4.69) is 181 Å². The Labute approximate surface area is 337 Å². The monoisotopic (exact) mass is 757 g/mol. The second-order valence-electron chi connectivity index (χ2n) is 15.2. The van der Waals surface area contributed by atoms with Crippen LogP contribution in [-0.4, -0.2) is 0 Å². The highest BCUT2D eigenvalue weighted by Gasteiger charge is 2.26. The number of anilines is 3. The van der Waals surface area contributed by atoms with E-state index in [0.29, 0.717) is 0 Å². The van der Waals surface area contributed by atoms with Gasteiger partial charge in [0.25, 0.3) is 0 Å². The zero-order chi connectivity index (χ0) is 37.9. The summed E-state index contributed by atoms with van der Waals surface area (Å²) in [6.45, 7) is 0. The molecule has 0 amide bonds. The molecule has 0 radical (unpaired) electrons. The van der Waals surface area contributed by atoms with E-state index in [1.54, 1.807) is 0 Å². The average molecular weight is 758 g/mol. The number of nitrogens with zero attached hydrogens (tertiary/aromatic N) is 1. The molecule has 270 valence electrons. The Bertz CT molecular complexity index is 3570. The van der Waals surface area contributed by atoms with Crippen LogP contribution < -0.4 is 9.64 Å². The van der Waals surface area contributed by atoms with Gasteiger partial charge in [0.1, 0.15) is 22.7 Å². The standard InChI is InChI=1S/C54H31NO2S/c1-2-11-36-32(10-1)28-44(38-13-4-3-12-37(36)38)33-20-23-40-42-16-9-17-43-47(24-26-50(54(42)43)57-51(40)29-33)55(34-21-25-49-45(30-34)39-14-5-7-18-48(39)56-49)35-22-27-53-46(31-35)41-15-6-8-19-52(41)58-53/h1-31H. The fourth-order valence-corrected chi connectivity index (χ4v) is 10.5. The molecule has 0 aliphatic carbocycles. The van der Waals surface area contributed by atoms with Gasteiger partial charge in [-0.2, -0.15) is 0 Å². The average Bonchev–Trinajstić information content (AvgIpc) is 3.85. The Morgan fingerprint density at radius 1 is 0.379 bits per heavy atom. The van der Waals surface area contributed by atoms with E-state index in [9.17, 15) is 0 Å². The van der Waals surface area contributed by atoms with Crippen LogP contribution in [0.25, 0.3) is 96.7 Å². The summed E-state index contributed by atoms with van der Waals surface area (Å²) in [6.07, 6.45) is 0. The molecular weight excluding hydrogens is 727 g/mol. The van der Waals surface area contributed by atoms with Crippen molar-refractivity contribution in [3.8, 4) is 33.8 Å². The zero-order valence-electron chi connectivity index (χ0n) is 31.1. The van der Waals surface area contributed by atoms with Crippen molar-refractivity contribution in [3.05, 3.63) is 188 Å². The molecule has 0 fully saturated rings. The highest BCUT2D eigenvalue weighted by atomic mass is 32.1.